The molecule has 2 atom stereocenters. The number of nitrogens with one attached hydrogen (secondary N) is 1. The fraction of sp³-hybridized carbons (Fsp3) is 0.538. The van der Waals surface area contributed by atoms with Gasteiger partial charge in [0.2, 0.25) is 0 Å². The van der Waals surface area contributed by atoms with Gasteiger partial charge in [-0.1, -0.05) is 6.92 Å². The van der Waals surface area contributed by atoms with Gasteiger partial charge in [-0.25, -0.2) is 4.39 Å². The first-order valence-corrected chi connectivity index (χ1v) is 5.88. The molecule has 0 spiro atoms. The fourth-order valence-electron chi connectivity index (χ4n) is 2.04. The summed E-state index contributed by atoms with van der Waals surface area (Å²) < 4.78 is 24.1. The van der Waals surface area contributed by atoms with Crippen LogP contribution in [0.15, 0.2) is 18.2 Å². The van der Waals surface area contributed by atoms with Crippen LogP contribution in [0.25, 0.3) is 0 Å². The lowest BCUT2D eigenvalue weighted by Gasteiger charge is -2.30. The summed E-state index contributed by atoms with van der Waals surface area (Å²) in [5.41, 5.74) is 0.503. The molecule has 0 radical (unpaired) electrons. The van der Waals surface area contributed by atoms with Gasteiger partial charge >= 0.3 is 0 Å². The van der Waals surface area contributed by atoms with Gasteiger partial charge in [0.15, 0.2) is 0 Å². The van der Waals surface area contributed by atoms with E-state index in [1.807, 2.05) is 0 Å². The van der Waals surface area contributed by atoms with Gasteiger partial charge in [-0.3, -0.25) is 0 Å². The second-order valence-corrected chi connectivity index (χ2v) is 4.44. The van der Waals surface area contributed by atoms with Crippen LogP contribution >= 0.6 is 0 Å². The van der Waals surface area contributed by atoms with Gasteiger partial charge in [-0.05, 0) is 24.5 Å². The number of rotatable bonds is 3. The molecule has 1 aliphatic heterocycles. The zero-order valence-corrected chi connectivity index (χ0v) is 10.2. The van der Waals surface area contributed by atoms with Crippen molar-refractivity contribution in [1.29, 1.82) is 0 Å². The van der Waals surface area contributed by atoms with Crippen molar-refractivity contribution in [2.24, 2.45) is 5.92 Å². The Morgan fingerprint density at radius 3 is 3.00 bits per heavy atom. The highest BCUT2D eigenvalue weighted by Gasteiger charge is 2.22. The Morgan fingerprint density at radius 1 is 1.47 bits per heavy atom. The molecule has 2 unspecified atom stereocenters. The lowest BCUT2D eigenvalue weighted by atomic mass is 9.97. The average molecular weight is 239 g/mol. The Morgan fingerprint density at radius 2 is 2.29 bits per heavy atom. The quantitative estimate of drug-likeness (QED) is 0.879. The lowest BCUT2D eigenvalue weighted by molar-refractivity contribution is 0.0537. The monoisotopic (exact) mass is 239 g/mol. The predicted octanol–water partition coefficient (Wildman–Crippen LogP) is 2.67. The van der Waals surface area contributed by atoms with Gasteiger partial charge in [0.05, 0.1) is 19.4 Å². The minimum absolute atomic E-state index is 0.246. The third-order valence-corrected chi connectivity index (χ3v) is 3.16. The number of ether oxygens (including phenoxy) is 2. The fourth-order valence-corrected chi connectivity index (χ4v) is 2.04. The Kier molecular flexibility index (Phi) is 3.84. The second-order valence-electron chi connectivity index (χ2n) is 4.44. The average Bonchev–Trinajstić information content (AvgIpc) is 2.35. The summed E-state index contributed by atoms with van der Waals surface area (Å²) in [6.07, 6.45) is 0.901. The number of hydrogen-bond acceptors (Lipinski definition) is 3. The largest absolute Gasteiger partial charge is 0.497 e. The van der Waals surface area contributed by atoms with Crippen molar-refractivity contribution in [2.45, 2.75) is 19.4 Å². The summed E-state index contributed by atoms with van der Waals surface area (Å²) in [7, 11) is 1.58. The third-order valence-electron chi connectivity index (χ3n) is 3.16. The predicted molar refractivity (Wildman–Crippen MR) is 65.0 cm³/mol. The third kappa shape index (κ3) is 2.88. The Labute approximate surface area is 101 Å². The molecule has 4 heteroatoms. The topological polar surface area (TPSA) is 30.5 Å². The van der Waals surface area contributed by atoms with E-state index >= 15 is 0 Å². The SMILES string of the molecule is COc1ccc(F)c(NC2CCOCC2C)c1. The first-order chi connectivity index (χ1) is 8.20. The molecule has 0 saturated carbocycles. The van der Waals surface area contributed by atoms with E-state index in [4.69, 9.17) is 9.47 Å². The highest BCUT2D eigenvalue weighted by atomic mass is 19.1. The standard InChI is InChI=1S/C13H18FNO2/c1-9-8-17-6-5-12(9)15-13-7-10(16-2)3-4-11(13)14/h3-4,7,9,12,15H,5-6,8H2,1-2H3. The van der Waals surface area contributed by atoms with Crippen LogP contribution in [0.5, 0.6) is 5.75 Å². The molecule has 2 rings (SSSR count). The van der Waals surface area contributed by atoms with Crippen LogP contribution in [0.3, 0.4) is 0 Å². The van der Waals surface area contributed by atoms with Crippen molar-refractivity contribution in [3.8, 4) is 5.75 Å². The molecule has 1 heterocycles. The molecule has 1 saturated heterocycles. The van der Waals surface area contributed by atoms with Gasteiger partial charge < -0.3 is 14.8 Å². The van der Waals surface area contributed by atoms with Crippen LogP contribution in [0.1, 0.15) is 13.3 Å². The van der Waals surface area contributed by atoms with Gasteiger partial charge in [-0.2, -0.15) is 0 Å². The lowest BCUT2D eigenvalue weighted by Crippen LogP contribution is -2.36. The van der Waals surface area contributed by atoms with Crippen molar-refractivity contribution < 1.29 is 13.9 Å². The smallest absolute Gasteiger partial charge is 0.146 e. The van der Waals surface area contributed by atoms with Crippen LogP contribution in [0, 0.1) is 11.7 Å². The number of hydrogen-bond donors (Lipinski definition) is 1. The highest BCUT2D eigenvalue weighted by molar-refractivity contribution is 5.50. The normalized spacial score (nSPS) is 24.4. The maximum Gasteiger partial charge on any atom is 0.146 e. The molecule has 1 aromatic rings. The number of methoxy groups -OCH3 is 1. The molecule has 0 aromatic heterocycles. The molecule has 0 bridgehead atoms. The van der Waals surface area contributed by atoms with Crippen LogP contribution < -0.4 is 10.1 Å². The van der Waals surface area contributed by atoms with Crippen molar-refractivity contribution in [3.63, 3.8) is 0 Å². The molecule has 3 nitrogen and oxygen atoms in total. The molecule has 0 amide bonds. The van der Waals surface area contributed by atoms with Gasteiger partial charge in [0.25, 0.3) is 0 Å². The Balaban J connectivity index is 2.11. The summed E-state index contributed by atoms with van der Waals surface area (Å²) in [6, 6.07) is 4.99. The Bertz CT molecular complexity index is 384. The summed E-state index contributed by atoms with van der Waals surface area (Å²) in [5.74, 6) is 0.799. The minimum atomic E-state index is -0.246. The first-order valence-electron chi connectivity index (χ1n) is 5.88. The highest BCUT2D eigenvalue weighted by Crippen LogP contribution is 2.25. The zero-order valence-electron chi connectivity index (χ0n) is 10.2. The van der Waals surface area contributed by atoms with Crippen molar-refractivity contribution in [3.05, 3.63) is 24.0 Å². The van der Waals surface area contributed by atoms with E-state index in [9.17, 15) is 4.39 Å². The molecular weight excluding hydrogens is 221 g/mol. The van der Waals surface area contributed by atoms with Crippen molar-refractivity contribution in [1.82, 2.24) is 0 Å². The van der Waals surface area contributed by atoms with E-state index in [2.05, 4.69) is 12.2 Å². The van der Waals surface area contributed by atoms with E-state index in [0.717, 1.165) is 19.6 Å². The minimum Gasteiger partial charge on any atom is -0.497 e. The van der Waals surface area contributed by atoms with Crippen LogP contribution in [-0.4, -0.2) is 26.4 Å². The molecule has 1 aliphatic rings. The maximum absolute atomic E-state index is 13.6. The van der Waals surface area contributed by atoms with E-state index in [1.165, 1.54) is 6.07 Å². The van der Waals surface area contributed by atoms with E-state index in [1.54, 1.807) is 19.2 Å². The molecule has 1 fully saturated rings. The second kappa shape index (κ2) is 5.36. The molecule has 1 aromatic carbocycles. The summed E-state index contributed by atoms with van der Waals surface area (Å²) >= 11 is 0. The summed E-state index contributed by atoms with van der Waals surface area (Å²) in [6.45, 7) is 3.56. The molecule has 17 heavy (non-hydrogen) atoms. The zero-order chi connectivity index (χ0) is 12.3. The van der Waals surface area contributed by atoms with Crippen LogP contribution in [0.2, 0.25) is 0 Å². The summed E-state index contributed by atoms with van der Waals surface area (Å²) in [4.78, 5) is 0. The van der Waals surface area contributed by atoms with E-state index < -0.39 is 0 Å². The molecular formula is C13H18FNO2. The van der Waals surface area contributed by atoms with Crippen molar-refractivity contribution in [2.75, 3.05) is 25.6 Å². The van der Waals surface area contributed by atoms with Gasteiger partial charge in [0, 0.05) is 18.7 Å². The molecule has 94 valence electrons. The number of benzene rings is 1. The molecule has 1 N–H and O–H groups in total. The maximum atomic E-state index is 13.6. The van der Waals surface area contributed by atoms with Gasteiger partial charge in [0.1, 0.15) is 11.6 Å². The van der Waals surface area contributed by atoms with Crippen molar-refractivity contribution >= 4 is 5.69 Å². The van der Waals surface area contributed by atoms with Gasteiger partial charge in [-0.15, -0.1) is 0 Å². The first kappa shape index (κ1) is 12.2. The number of anilines is 1. The number of halogens is 1. The van der Waals surface area contributed by atoms with E-state index in [-0.39, 0.29) is 11.9 Å². The van der Waals surface area contributed by atoms with Crippen LogP contribution in [0.4, 0.5) is 10.1 Å². The van der Waals surface area contributed by atoms with E-state index in [0.29, 0.717) is 17.4 Å². The molecule has 0 aliphatic carbocycles. The summed E-state index contributed by atoms with van der Waals surface area (Å²) in [5, 5.41) is 3.24. The Hall–Kier alpha value is -1.29. The van der Waals surface area contributed by atoms with Crippen LogP contribution in [-0.2, 0) is 4.74 Å².